The van der Waals surface area contributed by atoms with Gasteiger partial charge in [0.25, 0.3) is 5.60 Å². The van der Waals surface area contributed by atoms with Gasteiger partial charge in [-0.2, -0.15) is 31.4 Å². The summed E-state index contributed by atoms with van der Waals surface area (Å²) in [5, 5.41) is 13.7. The number of rotatable bonds is 8. The molecule has 4 aromatic rings. The standard InChI is InChI=1S/C29H28F6N6O2/c30-28(31,32)27(29(33,34)35,20-7-2-1-3-8-20)43-16-13-22-9-4-5-15-41(22)26(42)39-23-10-6-14-36-25(23)38-21-12-11-19-18-37-40-24(19)17-21/h1-3,6-8,10-12,14,17-18,22H,4-5,9,13,15-16H2,(H,36,38)(H,37,40)(H,39,42). The van der Waals surface area contributed by atoms with E-state index in [-0.39, 0.29) is 13.0 Å². The molecule has 0 aliphatic carbocycles. The van der Waals surface area contributed by atoms with Crippen molar-refractivity contribution in [3.63, 3.8) is 0 Å². The van der Waals surface area contributed by atoms with Gasteiger partial charge < -0.3 is 20.3 Å². The molecule has 1 saturated heterocycles. The van der Waals surface area contributed by atoms with Gasteiger partial charge in [-0.1, -0.05) is 30.3 Å². The largest absolute Gasteiger partial charge is 0.430 e. The maximum absolute atomic E-state index is 14.1. The summed E-state index contributed by atoms with van der Waals surface area (Å²) < 4.78 is 89.3. The third-order valence-electron chi connectivity index (χ3n) is 7.39. The predicted octanol–water partition coefficient (Wildman–Crippen LogP) is 7.51. The number of anilines is 3. The average Bonchev–Trinajstić information content (AvgIpc) is 3.44. The highest BCUT2D eigenvalue weighted by molar-refractivity contribution is 5.93. The number of nitrogens with one attached hydrogen (secondary N) is 3. The van der Waals surface area contributed by atoms with Gasteiger partial charge in [-0.3, -0.25) is 5.10 Å². The van der Waals surface area contributed by atoms with E-state index < -0.39 is 42.2 Å². The van der Waals surface area contributed by atoms with Crippen molar-refractivity contribution in [1.82, 2.24) is 20.1 Å². The van der Waals surface area contributed by atoms with Crippen LogP contribution in [0, 0.1) is 0 Å². The molecule has 3 N–H and O–H groups in total. The van der Waals surface area contributed by atoms with Crippen molar-refractivity contribution in [2.45, 2.75) is 49.7 Å². The summed E-state index contributed by atoms with van der Waals surface area (Å²) in [5.74, 6) is 0.342. The van der Waals surface area contributed by atoms with Gasteiger partial charge >= 0.3 is 18.4 Å². The second-order valence-electron chi connectivity index (χ2n) is 10.1. The first-order chi connectivity index (χ1) is 20.5. The van der Waals surface area contributed by atoms with E-state index in [1.165, 1.54) is 17.2 Å². The second kappa shape index (κ2) is 12.1. The number of urea groups is 1. The molecular weight excluding hydrogens is 578 g/mol. The van der Waals surface area contributed by atoms with Crippen molar-refractivity contribution < 1.29 is 35.9 Å². The minimum atomic E-state index is -5.78. The van der Waals surface area contributed by atoms with Crippen molar-refractivity contribution in [3.05, 3.63) is 78.6 Å². The number of amides is 2. The van der Waals surface area contributed by atoms with Gasteiger partial charge in [0.1, 0.15) is 0 Å². The van der Waals surface area contributed by atoms with Crippen LogP contribution in [0.1, 0.15) is 31.2 Å². The van der Waals surface area contributed by atoms with Crippen molar-refractivity contribution in [3.8, 4) is 0 Å². The van der Waals surface area contributed by atoms with Gasteiger partial charge in [-0.05, 0) is 56.0 Å². The highest BCUT2D eigenvalue weighted by Gasteiger charge is 2.73. The number of ether oxygens (including phenoxy) is 1. The molecule has 0 radical (unpaired) electrons. The zero-order valence-corrected chi connectivity index (χ0v) is 22.7. The average molecular weight is 607 g/mol. The number of aromatic amines is 1. The van der Waals surface area contributed by atoms with Crippen molar-refractivity contribution in [1.29, 1.82) is 0 Å². The molecule has 0 bridgehead atoms. The molecule has 1 atom stereocenters. The van der Waals surface area contributed by atoms with E-state index in [0.717, 1.165) is 35.2 Å². The summed E-state index contributed by atoms with van der Waals surface area (Å²) in [6, 6.07) is 12.5. The fraction of sp³-hybridized carbons (Fsp3) is 0.345. The van der Waals surface area contributed by atoms with E-state index in [2.05, 4.69) is 25.8 Å². The van der Waals surface area contributed by atoms with Crippen molar-refractivity contribution in [2.75, 3.05) is 23.8 Å². The molecule has 1 unspecified atom stereocenters. The zero-order valence-electron chi connectivity index (χ0n) is 22.7. The summed E-state index contributed by atoms with van der Waals surface area (Å²) in [6.45, 7) is -0.601. The number of aromatic nitrogens is 3. The Morgan fingerprint density at radius 2 is 1.77 bits per heavy atom. The smallest absolute Gasteiger partial charge is 0.354 e. The van der Waals surface area contributed by atoms with Crippen LogP contribution in [0.15, 0.2) is 73.1 Å². The molecule has 1 fully saturated rings. The maximum Gasteiger partial charge on any atom is 0.430 e. The lowest BCUT2D eigenvalue weighted by molar-refractivity contribution is -0.390. The summed E-state index contributed by atoms with van der Waals surface area (Å²) in [5.41, 5.74) is -3.75. The van der Waals surface area contributed by atoms with Gasteiger partial charge in [0.15, 0.2) is 5.82 Å². The summed E-state index contributed by atoms with van der Waals surface area (Å²) in [4.78, 5) is 19.1. The molecule has 0 saturated carbocycles. The molecule has 1 aliphatic heterocycles. The molecule has 1 aliphatic rings. The number of fused-ring (bicyclic) bond motifs is 1. The van der Waals surface area contributed by atoms with E-state index in [4.69, 9.17) is 4.74 Å². The normalized spacial score (nSPS) is 16.3. The number of pyridine rings is 1. The number of hydrogen-bond donors (Lipinski definition) is 3. The van der Waals surface area contributed by atoms with E-state index >= 15 is 0 Å². The van der Waals surface area contributed by atoms with E-state index in [9.17, 15) is 31.1 Å². The first kappa shape index (κ1) is 30.1. The second-order valence-corrected chi connectivity index (χ2v) is 10.1. The quantitative estimate of drug-likeness (QED) is 0.181. The van der Waals surface area contributed by atoms with Gasteiger partial charge in [0.2, 0.25) is 0 Å². The van der Waals surface area contributed by atoms with Crippen LogP contribution in [0.4, 0.5) is 48.3 Å². The number of carbonyl (C=O) groups excluding carboxylic acids is 1. The molecule has 0 spiro atoms. The number of alkyl halides is 6. The highest BCUT2D eigenvalue weighted by Crippen LogP contribution is 2.53. The lowest BCUT2D eigenvalue weighted by Crippen LogP contribution is -2.56. The van der Waals surface area contributed by atoms with Crippen LogP contribution in [-0.4, -0.2) is 57.7 Å². The molecule has 228 valence electrons. The monoisotopic (exact) mass is 606 g/mol. The Morgan fingerprint density at radius 3 is 2.51 bits per heavy atom. The number of likely N-dealkylation sites (tertiary alicyclic amines) is 1. The Bertz CT molecular complexity index is 1530. The molecule has 8 nitrogen and oxygen atoms in total. The lowest BCUT2D eigenvalue weighted by Gasteiger charge is -2.39. The van der Waals surface area contributed by atoms with Crippen LogP contribution >= 0.6 is 0 Å². The Labute approximate surface area is 242 Å². The molecule has 2 aromatic heterocycles. The molecular formula is C29H28F6N6O2. The maximum atomic E-state index is 14.1. The number of carbonyl (C=O) groups is 1. The number of hydrogen-bond acceptors (Lipinski definition) is 5. The Kier molecular flexibility index (Phi) is 8.49. The Hall–Kier alpha value is -4.33. The van der Waals surface area contributed by atoms with Gasteiger partial charge in [0, 0.05) is 35.4 Å². The first-order valence-corrected chi connectivity index (χ1v) is 13.6. The summed E-state index contributed by atoms with van der Waals surface area (Å²) in [7, 11) is 0. The number of nitrogens with zero attached hydrogens (tertiary/aromatic N) is 3. The lowest BCUT2D eigenvalue weighted by atomic mass is 9.91. The molecule has 14 heteroatoms. The van der Waals surface area contributed by atoms with Crippen LogP contribution in [0.3, 0.4) is 0 Å². The molecule has 2 aromatic carbocycles. The third kappa shape index (κ3) is 6.24. The van der Waals surface area contributed by atoms with Crippen LogP contribution in [-0.2, 0) is 10.3 Å². The summed E-state index contributed by atoms with van der Waals surface area (Å²) in [6.07, 6.45) is -6.87. The van der Waals surface area contributed by atoms with Crippen LogP contribution in [0.5, 0.6) is 0 Å². The predicted molar refractivity (Wildman–Crippen MR) is 148 cm³/mol. The van der Waals surface area contributed by atoms with E-state index in [0.29, 0.717) is 36.5 Å². The number of piperidine rings is 1. The summed E-state index contributed by atoms with van der Waals surface area (Å²) >= 11 is 0. The fourth-order valence-corrected chi connectivity index (χ4v) is 5.27. The molecule has 5 rings (SSSR count). The topological polar surface area (TPSA) is 95.2 Å². The minimum Gasteiger partial charge on any atom is -0.354 e. The SMILES string of the molecule is O=C(Nc1cccnc1Nc1ccc2cn[nH]c2c1)N1CCCCC1CCOC(c1ccccc1)(C(F)(F)F)C(F)(F)F. The zero-order chi connectivity index (χ0) is 30.7. The van der Waals surface area contributed by atoms with Gasteiger partial charge in [-0.15, -0.1) is 0 Å². The van der Waals surface area contributed by atoms with Crippen molar-refractivity contribution in [2.24, 2.45) is 0 Å². The molecule has 3 heterocycles. The van der Waals surface area contributed by atoms with Crippen LogP contribution in [0.2, 0.25) is 0 Å². The number of benzene rings is 2. The number of halogens is 6. The fourth-order valence-electron chi connectivity index (χ4n) is 5.27. The van der Waals surface area contributed by atoms with Crippen LogP contribution < -0.4 is 10.6 Å². The highest BCUT2D eigenvalue weighted by atomic mass is 19.4. The first-order valence-electron chi connectivity index (χ1n) is 13.6. The Morgan fingerprint density at radius 1 is 1.00 bits per heavy atom. The van der Waals surface area contributed by atoms with Gasteiger partial charge in [-0.25, -0.2) is 9.78 Å². The van der Waals surface area contributed by atoms with E-state index in [1.54, 1.807) is 18.3 Å². The Balaban J connectivity index is 1.30. The molecule has 2 amide bonds. The third-order valence-corrected chi connectivity index (χ3v) is 7.39. The van der Waals surface area contributed by atoms with Crippen LogP contribution in [0.25, 0.3) is 10.9 Å². The van der Waals surface area contributed by atoms with Crippen molar-refractivity contribution >= 4 is 34.1 Å². The van der Waals surface area contributed by atoms with Gasteiger partial charge in [0.05, 0.1) is 24.0 Å². The molecule has 43 heavy (non-hydrogen) atoms. The van der Waals surface area contributed by atoms with E-state index in [1.807, 2.05) is 18.2 Å². The number of H-pyrrole nitrogens is 1. The minimum absolute atomic E-state index is 0.226.